The molecule has 2 aromatic rings. The summed E-state index contributed by atoms with van der Waals surface area (Å²) < 4.78 is 0. The topological polar surface area (TPSA) is 0 Å². The van der Waals surface area contributed by atoms with Crippen LogP contribution in [0.4, 0.5) is 0 Å². The monoisotopic (exact) mass is 286 g/mol. The highest BCUT2D eigenvalue weighted by Crippen LogP contribution is 2.36. The minimum atomic E-state index is -0.0760. The molecule has 0 spiro atoms. The van der Waals surface area contributed by atoms with Crippen molar-refractivity contribution in [2.24, 2.45) is 0 Å². The van der Waals surface area contributed by atoms with E-state index in [1.807, 2.05) is 0 Å². The third-order valence-corrected chi connectivity index (χ3v) is 4.97. The molecule has 0 fully saturated rings. The number of alkyl halides is 1. The van der Waals surface area contributed by atoms with Crippen LogP contribution < -0.4 is 0 Å². The van der Waals surface area contributed by atoms with Crippen LogP contribution in [0.1, 0.15) is 49.9 Å². The van der Waals surface area contributed by atoms with Crippen LogP contribution in [0.2, 0.25) is 0 Å². The molecule has 0 nitrogen and oxygen atoms in total. The number of halogens is 1. The fourth-order valence-corrected chi connectivity index (χ4v) is 3.18. The summed E-state index contributed by atoms with van der Waals surface area (Å²) in [6.45, 7) is 12.9. The molecule has 0 radical (unpaired) electrons. The van der Waals surface area contributed by atoms with Crippen molar-refractivity contribution in [3.8, 4) is 0 Å². The Bertz CT molecular complexity index is 627. The van der Waals surface area contributed by atoms with Gasteiger partial charge in [-0.05, 0) is 86.1 Å². The Hall–Kier alpha value is -1.27. The van der Waals surface area contributed by atoms with Crippen LogP contribution in [0.15, 0.2) is 24.3 Å². The molecule has 20 heavy (non-hydrogen) atoms. The van der Waals surface area contributed by atoms with Crippen LogP contribution in [-0.2, 0) is 0 Å². The Kier molecular flexibility index (Phi) is 4.25. The number of hydrogen-bond acceptors (Lipinski definition) is 0. The van der Waals surface area contributed by atoms with Gasteiger partial charge in [0.2, 0.25) is 0 Å². The van der Waals surface area contributed by atoms with Crippen LogP contribution in [-0.4, -0.2) is 0 Å². The van der Waals surface area contributed by atoms with Crippen LogP contribution >= 0.6 is 11.6 Å². The highest BCUT2D eigenvalue weighted by molar-refractivity contribution is 6.22. The molecule has 0 aromatic heterocycles. The second-order valence-electron chi connectivity index (χ2n) is 5.88. The van der Waals surface area contributed by atoms with E-state index in [2.05, 4.69) is 65.8 Å². The average molecular weight is 287 g/mol. The smallest absolute Gasteiger partial charge is 0.0840 e. The molecule has 0 aliphatic carbocycles. The van der Waals surface area contributed by atoms with E-state index in [1.54, 1.807) is 0 Å². The average Bonchev–Trinajstić information content (AvgIpc) is 2.40. The van der Waals surface area contributed by atoms with Gasteiger partial charge in [0.15, 0.2) is 0 Å². The lowest BCUT2D eigenvalue weighted by Gasteiger charge is -2.20. The third-order valence-electron chi connectivity index (χ3n) is 4.50. The number of benzene rings is 2. The van der Waals surface area contributed by atoms with Crippen molar-refractivity contribution in [1.82, 2.24) is 0 Å². The van der Waals surface area contributed by atoms with E-state index >= 15 is 0 Å². The molecule has 0 aliphatic rings. The van der Waals surface area contributed by atoms with Crippen molar-refractivity contribution in [1.29, 1.82) is 0 Å². The number of rotatable bonds is 2. The van der Waals surface area contributed by atoms with Crippen molar-refractivity contribution in [3.63, 3.8) is 0 Å². The zero-order valence-corrected chi connectivity index (χ0v) is 14.0. The molecule has 1 atom stereocenters. The molecule has 0 saturated carbocycles. The highest BCUT2D eigenvalue weighted by Gasteiger charge is 2.18. The quantitative estimate of drug-likeness (QED) is 0.606. The van der Waals surface area contributed by atoms with Gasteiger partial charge in [-0.25, -0.2) is 0 Å². The molecule has 1 unspecified atom stereocenters. The van der Waals surface area contributed by atoms with Crippen molar-refractivity contribution >= 4 is 11.6 Å². The summed E-state index contributed by atoms with van der Waals surface area (Å²) >= 11 is 6.81. The molecule has 2 aromatic carbocycles. The molecule has 0 bridgehead atoms. The van der Waals surface area contributed by atoms with E-state index in [1.165, 1.54) is 44.5 Å². The SMILES string of the molecule is Cc1ccc(C(Cl)c2c(C)c(C)cc(C)c2C)cc1C. The van der Waals surface area contributed by atoms with Crippen molar-refractivity contribution in [3.05, 3.63) is 68.8 Å². The van der Waals surface area contributed by atoms with E-state index < -0.39 is 0 Å². The predicted octanol–water partition coefficient (Wildman–Crippen LogP) is 5.87. The maximum Gasteiger partial charge on any atom is 0.0840 e. The zero-order valence-electron chi connectivity index (χ0n) is 13.3. The summed E-state index contributed by atoms with van der Waals surface area (Å²) in [5.41, 5.74) is 10.3. The van der Waals surface area contributed by atoms with E-state index in [-0.39, 0.29) is 5.38 Å². The predicted molar refractivity (Wildman–Crippen MR) is 89.0 cm³/mol. The second-order valence-corrected chi connectivity index (χ2v) is 6.32. The lowest BCUT2D eigenvalue weighted by molar-refractivity contribution is 1.05. The van der Waals surface area contributed by atoms with Crippen LogP contribution in [0.3, 0.4) is 0 Å². The first-order valence-electron chi connectivity index (χ1n) is 7.11. The first kappa shape index (κ1) is 15.1. The van der Waals surface area contributed by atoms with Gasteiger partial charge in [-0.15, -0.1) is 11.6 Å². The minimum Gasteiger partial charge on any atom is -0.113 e. The summed E-state index contributed by atoms with van der Waals surface area (Å²) in [4.78, 5) is 0. The summed E-state index contributed by atoms with van der Waals surface area (Å²) in [6.07, 6.45) is 0. The summed E-state index contributed by atoms with van der Waals surface area (Å²) in [6, 6.07) is 8.77. The molecule has 0 heterocycles. The molecular weight excluding hydrogens is 264 g/mol. The maximum atomic E-state index is 6.81. The van der Waals surface area contributed by atoms with Gasteiger partial charge in [-0.1, -0.05) is 24.3 Å². The zero-order chi connectivity index (χ0) is 15.0. The van der Waals surface area contributed by atoms with Crippen molar-refractivity contribution in [2.75, 3.05) is 0 Å². The molecule has 0 amide bonds. The highest BCUT2D eigenvalue weighted by atomic mass is 35.5. The molecule has 106 valence electrons. The van der Waals surface area contributed by atoms with Crippen LogP contribution in [0.25, 0.3) is 0 Å². The van der Waals surface area contributed by atoms with Gasteiger partial charge in [-0.3, -0.25) is 0 Å². The van der Waals surface area contributed by atoms with Gasteiger partial charge >= 0.3 is 0 Å². The van der Waals surface area contributed by atoms with Crippen LogP contribution in [0, 0.1) is 41.5 Å². The minimum absolute atomic E-state index is 0.0760. The molecule has 1 heteroatoms. The summed E-state index contributed by atoms with van der Waals surface area (Å²) in [7, 11) is 0. The van der Waals surface area contributed by atoms with Gasteiger partial charge in [0, 0.05) is 0 Å². The van der Waals surface area contributed by atoms with E-state index in [0.29, 0.717) is 0 Å². The fourth-order valence-electron chi connectivity index (χ4n) is 2.72. The fraction of sp³-hybridized carbons (Fsp3) is 0.368. The van der Waals surface area contributed by atoms with Crippen LogP contribution in [0.5, 0.6) is 0 Å². The number of aryl methyl sites for hydroxylation is 4. The maximum absolute atomic E-state index is 6.81. The van der Waals surface area contributed by atoms with Gasteiger partial charge in [0.05, 0.1) is 5.38 Å². The van der Waals surface area contributed by atoms with Gasteiger partial charge in [-0.2, -0.15) is 0 Å². The van der Waals surface area contributed by atoms with Crippen molar-refractivity contribution in [2.45, 2.75) is 46.9 Å². The Morgan fingerprint density at radius 1 is 0.700 bits per heavy atom. The number of hydrogen-bond donors (Lipinski definition) is 0. The van der Waals surface area contributed by atoms with Crippen molar-refractivity contribution < 1.29 is 0 Å². The van der Waals surface area contributed by atoms with Gasteiger partial charge < -0.3 is 0 Å². The molecule has 2 rings (SSSR count). The van der Waals surface area contributed by atoms with E-state index in [4.69, 9.17) is 11.6 Å². The van der Waals surface area contributed by atoms with Gasteiger partial charge in [0.25, 0.3) is 0 Å². The Labute approximate surface area is 127 Å². The van der Waals surface area contributed by atoms with Gasteiger partial charge in [0.1, 0.15) is 0 Å². The van der Waals surface area contributed by atoms with E-state index in [0.717, 1.165) is 0 Å². The second kappa shape index (κ2) is 5.61. The Morgan fingerprint density at radius 2 is 1.25 bits per heavy atom. The molecule has 0 saturated heterocycles. The van der Waals surface area contributed by atoms with E-state index in [9.17, 15) is 0 Å². The lowest BCUT2D eigenvalue weighted by Crippen LogP contribution is -2.04. The lowest BCUT2D eigenvalue weighted by atomic mass is 9.89. The molecule has 0 aliphatic heterocycles. The Morgan fingerprint density at radius 3 is 1.75 bits per heavy atom. The Balaban J connectivity index is 2.58. The largest absolute Gasteiger partial charge is 0.113 e. The third kappa shape index (κ3) is 2.62. The summed E-state index contributed by atoms with van der Waals surface area (Å²) in [5, 5.41) is -0.0760. The molecular formula is C19H23Cl. The summed E-state index contributed by atoms with van der Waals surface area (Å²) in [5.74, 6) is 0. The molecule has 0 N–H and O–H groups in total. The first-order chi connectivity index (χ1) is 9.32. The first-order valence-corrected chi connectivity index (χ1v) is 7.55. The standard InChI is InChI=1S/C19H23Cl/c1-11-7-8-17(10-12(11)2)19(20)18-15(5)13(3)9-14(4)16(18)6/h7-10,19H,1-6H3. The normalized spacial score (nSPS) is 12.6.